The van der Waals surface area contributed by atoms with Crippen molar-refractivity contribution >= 4 is 22.6 Å². The quantitative estimate of drug-likeness (QED) is 0.936. The van der Waals surface area contributed by atoms with Crippen LogP contribution in [0.4, 0.5) is 5.82 Å². The van der Waals surface area contributed by atoms with Crippen LogP contribution in [0.3, 0.4) is 0 Å². The number of para-hydroxylation sites is 1. The Hall–Kier alpha value is -2.61. The molecule has 0 radical (unpaired) electrons. The molecule has 21 heavy (non-hydrogen) atoms. The smallest absolute Gasteiger partial charge is 0.254 e. The first-order valence-electron chi connectivity index (χ1n) is 6.80. The molecule has 0 bridgehead atoms. The first kappa shape index (κ1) is 14.8. The summed E-state index contributed by atoms with van der Waals surface area (Å²) in [5.74, 6) is 0.547. The van der Waals surface area contributed by atoms with Gasteiger partial charge in [-0.15, -0.1) is 0 Å². The van der Waals surface area contributed by atoms with Crippen molar-refractivity contribution in [3.63, 3.8) is 0 Å². The fourth-order valence-corrected chi connectivity index (χ4v) is 2.14. The summed E-state index contributed by atoms with van der Waals surface area (Å²) in [5.41, 5.74) is 1.37. The van der Waals surface area contributed by atoms with Crippen molar-refractivity contribution < 1.29 is 4.79 Å². The van der Waals surface area contributed by atoms with E-state index in [2.05, 4.69) is 16.4 Å². The van der Waals surface area contributed by atoms with Crippen LogP contribution < -0.4 is 5.32 Å². The summed E-state index contributed by atoms with van der Waals surface area (Å²) in [7, 11) is 3.49. The molecular formula is C16H18N4O. The monoisotopic (exact) mass is 282 g/mol. The molecule has 0 aliphatic rings. The Morgan fingerprint density at radius 1 is 1.48 bits per heavy atom. The number of hydrogen-bond donors (Lipinski definition) is 1. The molecule has 5 heteroatoms. The molecular weight excluding hydrogens is 264 g/mol. The maximum Gasteiger partial charge on any atom is 0.254 e. The Bertz CT molecular complexity index is 705. The summed E-state index contributed by atoms with van der Waals surface area (Å²) >= 11 is 0. The number of carbonyl (C=O) groups excluding carboxylic acids is 1. The third-order valence-corrected chi connectivity index (χ3v) is 3.57. The maximum absolute atomic E-state index is 12.7. The minimum absolute atomic E-state index is 0.104. The lowest BCUT2D eigenvalue weighted by atomic mass is 10.1. The number of amides is 1. The molecule has 1 unspecified atom stereocenters. The van der Waals surface area contributed by atoms with Crippen LogP contribution in [0.1, 0.15) is 23.7 Å². The normalized spacial score (nSPS) is 11.7. The van der Waals surface area contributed by atoms with E-state index in [-0.39, 0.29) is 11.9 Å². The van der Waals surface area contributed by atoms with Crippen LogP contribution in [0.2, 0.25) is 0 Å². The highest BCUT2D eigenvalue weighted by molar-refractivity contribution is 6.07. The zero-order chi connectivity index (χ0) is 15.4. The van der Waals surface area contributed by atoms with Gasteiger partial charge < -0.3 is 10.2 Å². The molecule has 1 aromatic carbocycles. The van der Waals surface area contributed by atoms with Gasteiger partial charge in [0.05, 0.1) is 23.6 Å². The molecule has 5 nitrogen and oxygen atoms in total. The fourth-order valence-electron chi connectivity index (χ4n) is 2.14. The molecule has 1 amide bonds. The predicted molar refractivity (Wildman–Crippen MR) is 83.1 cm³/mol. The number of anilines is 1. The fraction of sp³-hybridized carbons (Fsp3) is 0.312. The Balaban J connectivity index is 2.50. The van der Waals surface area contributed by atoms with Gasteiger partial charge in [0.25, 0.3) is 5.91 Å². The number of carbonyl (C=O) groups is 1. The summed E-state index contributed by atoms with van der Waals surface area (Å²) in [6.07, 6.45) is 0.310. The molecule has 0 saturated heterocycles. The SMILES string of the molecule is CNc1cc(C(=O)N(C)C(C)CC#N)c2ccccc2n1. The van der Waals surface area contributed by atoms with Crippen molar-refractivity contribution in [1.29, 1.82) is 5.26 Å². The molecule has 2 aromatic rings. The molecule has 2 rings (SSSR count). The molecule has 0 spiro atoms. The second-order valence-electron chi connectivity index (χ2n) is 4.95. The molecule has 108 valence electrons. The first-order valence-corrected chi connectivity index (χ1v) is 6.80. The number of rotatable bonds is 4. The third kappa shape index (κ3) is 2.95. The van der Waals surface area contributed by atoms with Crippen LogP contribution in [0.25, 0.3) is 10.9 Å². The van der Waals surface area contributed by atoms with E-state index in [4.69, 9.17) is 5.26 Å². The van der Waals surface area contributed by atoms with Crippen LogP contribution in [-0.2, 0) is 0 Å². The highest BCUT2D eigenvalue weighted by atomic mass is 16.2. The van der Waals surface area contributed by atoms with Gasteiger partial charge in [0.1, 0.15) is 5.82 Å². The van der Waals surface area contributed by atoms with Crippen molar-refractivity contribution in [3.05, 3.63) is 35.9 Å². The molecule has 1 N–H and O–H groups in total. The van der Waals surface area contributed by atoms with Crippen molar-refractivity contribution in [3.8, 4) is 6.07 Å². The van der Waals surface area contributed by atoms with Gasteiger partial charge in [-0.25, -0.2) is 4.98 Å². The van der Waals surface area contributed by atoms with Gasteiger partial charge in [0.15, 0.2) is 0 Å². The van der Waals surface area contributed by atoms with Crippen LogP contribution >= 0.6 is 0 Å². The van der Waals surface area contributed by atoms with E-state index < -0.39 is 0 Å². The molecule has 0 aliphatic heterocycles. The number of fused-ring (bicyclic) bond motifs is 1. The topological polar surface area (TPSA) is 69.0 Å². The van der Waals surface area contributed by atoms with Gasteiger partial charge in [-0.1, -0.05) is 18.2 Å². The van der Waals surface area contributed by atoms with Gasteiger partial charge in [-0.3, -0.25) is 4.79 Å². The third-order valence-electron chi connectivity index (χ3n) is 3.57. The summed E-state index contributed by atoms with van der Waals surface area (Å²) in [6.45, 7) is 1.86. The second kappa shape index (κ2) is 6.23. The average Bonchev–Trinajstić information content (AvgIpc) is 2.52. The van der Waals surface area contributed by atoms with Gasteiger partial charge in [-0.05, 0) is 19.1 Å². The summed E-state index contributed by atoms with van der Waals surface area (Å²) in [5, 5.41) is 12.6. The lowest BCUT2D eigenvalue weighted by Gasteiger charge is -2.23. The van der Waals surface area contributed by atoms with E-state index in [9.17, 15) is 4.79 Å². The van der Waals surface area contributed by atoms with Crippen molar-refractivity contribution in [2.24, 2.45) is 0 Å². The van der Waals surface area contributed by atoms with Crippen LogP contribution in [0.5, 0.6) is 0 Å². The molecule has 1 atom stereocenters. The number of aromatic nitrogens is 1. The van der Waals surface area contributed by atoms with Crippen molar-refractivity contribution in [2.45, 2.75) is 19.4 Å². The zero-order valence-electron chi connectivity index (χ0n) is 12.4. The maximum atomic E-state index is 12.7. The molecule has 1 heterocycles. The van der Waals surface area contributed by atoms with Gasteiger partial charge in [0.2, 0.25) is 0 Å². The Morgan fingerprint density at radius 3 is 2.86 bits per heavy atom. The molecule has 0 fully saturated rings. The molecule has 0 saturated carbocycles. The summed E-state index contributed by atoms with van der Waals surface area (Å²) in [4.78, 5) is 18.7. The van der Waals surface area contributed by atoms with E-state index in [0.717, 1.165) is 10.9 Å². The lowest BCUT2D eigenvalue weighted by Crippen LogP contribution is -2.35. The summed E-state index contributed by atoms with van der Waals surface area (Å²) < 4.78 is 0. The lowest BCUT2D eigenvalue weighted by molar-refractivity contribution is 0.0748. The van der Waals surface area contributed by atoms with E-state index in [1.54, 1.807) is 25.1 Å². The zero-order valence-corrected chi connectivity index (χ0v) is 12.4. The Morgan fingerprint density at radius 2 is 2.19 bits per heavy atom. The second-order valence-corrected chi connectivity index (χ2v) is 4.95. The molecule has 0 aliphatic carbocycles. The van der Waals surface area contributed by atoms with E-state index in [1.807, 2.05) is 31.2 Å². The number of nitriles is 1. The van der Waals surface area contributed by atoms with Crippen LogP contribution in [-0.4, -0.2) is 35.9 Å². The number of pyridine rings is 1. The highest BCUT2D eigenvalue weighted by Gasteiger charge is 2.20. The predicted octanol–water partition coefficient (Wildman–Crippen LogP) is 2.65. The number of benzene rings is 1. The average molecular weight is 282 g/mol. The first-order chi connectivity index (χ1) is 10.1. The number of nitrogens with one attached hydrogen (secondary N) is 1. The highest BCUT2D eigenvalue weighted by Crippen LogP contribution is 2.22. The number of nitrogens with zero attached hydrogens (tertiary/aromatic N) is 3. The van der Waals surface area contributed by atoms with E-state index in [1.165, 1.54) is 0 Å². The summed E-state index contributed by atoms with van der Waals surface area (Å²) in [6, 6.07) is 11.3. The standard InChI is InChI=1S/C16H18N4O/c1-11(8-9-17)20(3)16(21)13-10-15(18-2)19-14-7-5-4-6-12(13)14/h4-7,10-11H,8H2,1-3H3,(H,18,19). The van der Waals surface area contributed by atoms with Crippen LogP contribution in [0, 0.1) is 11.3 Å². The minimum Gasteiger partial charge on any atom is -0.373 e. The van der Waals surface area contributed by atoms with Crippen molar-refractivity contribution in [2.75, 3.05) is 19.4 Å². The Kier molecular flexibility index (Phi) is 4.39. The van der Waals surface area contributed by atoms with Gasteiger partial charge >= 0.3 is 0 Å². The largest absolute Gasteiger partial charge is 0.373 e. The van der Waals surface area contributed by atoms with Gasteiger partial charge in [0, 0.05) is 25.5 Å². The van der Waals surface area contributed by atoms with Crippen LogP contribution in [0.15, 0.2) is 30.3 Å². The van der Waals surface area contributed by atoms with E-state index >= 15 is 0 Å². The Labute approximate surface area is 124 Å². The minimum atomic E-state index is -0.132. The van der Waals surface area contributed by atoms with E-state index in [0.29, 0.717) is 17.8 Å². The number of hydrogen-bond acceptors (Lipinski definition) is 4. The van der Waals surface area contributed by atoms with Gasteiger partial charge in [-0.2, -0.15) is 5.26 Å². The van der Waals surface area contributed by atoms with Crippen molar-refractivity contribution in [1.82, 2.24) is 9.88 Å². The molecule has 1 aromatic heterocycles.